The van der Waals surface area contributed by atoms with Crippen LogP contribution in [0.1, 0.15) is 11.1 Å². The van der Waals surface area contributed by atoms with Crippen molar-refractivity contribution in [1.29, 1.82) is 0 Å². The SMILES string of the molecule is O=C(O)N1Cc2ccc(Br)cc2C(F)(F)C1. The lowest BCUT2D eigenvalue weighted by atomic mass is 9.97. The third-order valence-corrected chi connectivity index (χ3v) is 2.98. The van der Waals surface area contributed by atoms with Gasteiger partial charge in [0.2, 0.25) is 0 Å². The minimum atomic E-state index is -3.13. The molecule has 3 nitrogen and oxygen atoms in total. The first-order valence-electron chi connectivity index (χ1n) is 4.55. The molecule has 1 amide bonds. The zero-order valence-electron chi connectivity index (χ0n) is 8.08. The van der Waals surface area contributed by atoms with Crippen molar-refractivity contribution in [1.82, 2.24) is 4.90 Å². The number of rotatable bonds is 0. The largest absolute Gasteiger partial charge is 0.465 e. The molecule has 0 saturated carbocycles. The number of halogens is 3. The van der Waals surface area contributed by atoms with E-state index in [9.17, 15) is 13.6 Å². The molecule has 0 aliphatic carbocycles. The summed E-state index contributed by atoms with van der Waals surface area (Å²) in [4.78, 5) is 11.4. The Kier molecular flexibility index (Phi) is 2.61. The fraction of sp³-hybridized carbons (Fsp3) is 0.300. The van der Waals surface area contributed by atoms with Crippen molar-refractivity contribution in [3.05, 3.63) is 33.8 Å². The summed E-state index contributed by atoms with van der Waals surface area (Å²) >= 11 is 3.12. The first-order chi connectivity index (χ1) is 7.40. The second kappa shape index (κ2) is 3.69. The fourth-order valence-electron chi connectivity index (χ4n) is 1.75. The van der Waals surface area contributed by atoms with Crippen molar-refractivity contribution < 1.29 is 18.7 Å². The third-order valence-electron chi connectivity index (χ3n) is 2.49. The summed E-state index contributed by atoms with van der Waals surface area (Å²) in [5, 5.41) is 8.73. The Morgan fingerprint density at radius 1 is 1.50 bits per heavy atom. The van der Waals surface area contributed by atoms with Gasteiger partial charge < -0.3 is 5.11 Å². The van der Waals surface area contributed by atoms with Gasteiger partial charge >= 0.3 is 6.09 Å². The lowest BCUT2D eigenvalue weighted by molar-refractivity contribution is -0.0463. The van der Waals surface area contributed by atoms with Gasteiger partial charge in [-0.15, -0.1) is 0 Å². The van der Waals surface area contributed by atoms with E-state index in [2.05, 4.69) is 15.9 Å². The van der Waals surface area contributed by atoms with E-state index < -0.39 is 18.6 Å². The van der Waals surface area contributed by atoms with Crippen LogP contribution in [0.2, 0.25) is 0 Å². The van der Waals surface area contributed by atoms with Crippen molar-refractivity contribution in [3.63, 3.8) is 0 Å². The Hall–Kier alpha value is -1.17. The molecule has 0 radical (unpaired) electrons. The van der Waals surface area contributed by atoms with Crippen LogP contribution < -0.4 is 0 Å². The van der Waals surface area contributed by atoms with Gasteiger partial charge in [-0.05, 0) is 17.7 Å². The van der Waals surface area contributed by atoms with E-state index >= 15 is 0 Å². The zero-order chi connectivity index (χ0) is 11.9. The summed E-state index contributed by atoms with van der Waals surface area (Å²) < 4.78 is 27.9. The lowest BCUT2D eigenvalue weighted by Crippen LogP contribution is -2.43. The standard InChI is InChI=1S/C10H8BrF2NO2/c11-7-2-1-6-4-14(9(15)16)5-10(12,13)8(6)3-7/h1-3H,4-5H2,(H,15,16). The molecule has 1 aliphatic heterocycles. The molecule has 16 heavy (non-hydrogen) atoms. The molecule has 1 heterocycles. The lowest BCUT2D eigenvalue weighted by Gasteiger charge is -2.32. The van der Waals surface area contributed by atoms with Gasteiger partial charge in [0.25, 0.3) is 5.92 Å². The van der Waals surface area contributed by atoms with Crippen LogP contribution in [0.25, 0.3) is 0 Å². The van der Waals surface area contributed by atoms with E-state index in [1.165, 1.54) is 12.1 Å². The Morgan fingerprint density at radius 3 is 2.81 bits per heavy atom. The van der Waals surface area contributed by atoms with Crippen molar-refractivity contribution in [2.45, 2.75) is 12.5 Å². The van der Waals surface area contributed by atoms with E-state index in [4.69, 9.17) is 5.11 Å². The highest BCUT2D eigenvalue weighted by atomic mass is 79.9. The molecule has 86 valence electrons. The van der Waals surface area contributed by atoms with E-state index in [-0.39, 0.29) is 12.1 Å². The number of carboxylic acid groups (broad SMARTS) is 1. The van der Waals surface area contributed by atoms with E-state index in [0.29, 0.717) is 10.0 Å². The van der Waals surface area contributed by atoms with E-state index in [1.54, 1.807) is 6.07 Å². The molecule has 1 aliphatic rings. The number of nitrogens with zero attached hydrogens (tertiary/aromatic N) is 1. The number of amides is 1. The van der Waals surface area contributed by atoms with Crippen LogP contribution in [0.15, 0.2) is 22.7 Å². The molecular weight excluding hydrogens is 284 g/mol. The maximum absolute atomic E-state index is 13.7. The number of carbonyl (C=O) groups is 1. The quantitative estimate of drug-likeness (QED) is 0.798. The van der Waals surface area contributed by atoms with Crippen molar-refractivity contribution >= 4 is 22.0 Å². The molecule has 0 bridgehead atoms. The Labute approximate surface area is 98.8 Å². The molecular formula is C10H8BrF2NO2. The Morgan fingerprint density at radius 2 is 2.19 bits per heavy atom. The molecule has 6 heteroatoms. The first-order valence-corrected chi connectivity index (χ1v) is 5.34. The predicted octanol–water partition coefficient (Wildman–Crippen LogP) is 3.03. The number of alkyl halides is 2. The van der Waals surface area contributed by atoms with Crippen LogP contribution in [0.4, 0.5) is 13.6 Å². The zero-order valence-corrected chi connectivity index (χ0v) is 9.67. The molecule has 0 aromatic heterocycles. The summed E-state index contributed by atoms with van der Waals surface area (Å²) in [7, 11) is 0. The van der Waals surface area contributed by atoms with E-state index in [0.717, 1.165) is 4.90 Å². The predicted molar refractivity (Wildman–Crippen MR) is 56.5 cm³/mol. The molecule has 0 unspecified atom stereocenters. The van der Waals surface area contributed by atoms with Crippen molar-refractivity contribution in [2.24, 2.45) is 0 Å². The molecule has 0 spiro atoms. The van der Waals surface area contributed by atoms with Crippen LogP contribution >= 0.6 is 15.9 Å². The Balaban J connectivity index is 2.47. The maximum Gasteiger partial charge on any atom is 0.407 e. The average molecular weight is 292 g/mol. The molecule has 1 aromatic carbocycles. The minimum Gasteiger partial charge on any atom is -0.465 e. The van der Waals surface area contributed by atoms with Crippen LogP contribution in [0, 0.1) is 0 Å². The number of fused-ring (bicyclic) bond motifs is 1. The first kappa shape index (κ1) is 11.3. The van der Waals surface area contributed by atoms with Gasteiger partial charge in [0.15, 0.2) is 0 Å². The van der Waals surface area contributed by atoms with Gasteiger partial charge in [-0.2, -0.15) is 8.78 Å². The number of hydrogen-bond donors (Lipinski definition) is 1. The van der Waals surface area contributed by atoms with Gasteiger partial charge in [0.05, 0.1) is 6.54 Å². The highest BCUT2D eigenvalue weighted by Crippen LogP contribution is 2.37. The summed E-state index contributed by atoms with van der Waals surface area (Å²) in [6.07, 6.45) is -1.33. The molecule has 2 rings (SSSR count). The second-order valence-electron chi connectivity index (χ2n) is 3.64. The topological polar surface area (TPSA) is 40.5 Å². The highest BCUT2D eigenvalue weighted by molar-refractivity contribution is 9.10. The maximum atomic E-state index is 13.7. The van der Waals surface area contributed by atoms with Crippen molar-refractivity contribution in [3.8, 4) is 0 Å². The Bertz CT molecular complexity index is 450. The normalized spacial score (nSPS) is 18.1. The van der Waals surface area contributed by atoms with E-state index in [1.807, 2.05) is 0 Å². The molecule has 0 atom stereocenters. The van der Waals surface area contributed by atoms with Crippen molar-refractivity contribution in [2.75, 3.05) is 6.54 Å². The van der Waals surface area contributed by atoms with Crippen LogP contribution in [-0.2, 0) is 12.5 Å². The number of hydrogen-bond acceptors (Lipinski definition) is 1. The fourth-order valence-corrected chi connectivity index (χ4v) is 2.11. The minimum absolute atomic E-state index is 0.00748. The smallest absolute Gasteiger partial charge is 0.407 e. The van der Waals surface area contributed by atoms with Gasteiger partial charge in [-0.3, -0.25) is 4.90 Å². The third kappa shape index (κ3) is 1.89. The van der Waals surface area contributed by atoms with Gasteiger partial charge in [-0.25, -0.2) is 4.79 Å². The second-order valence-corrected chi connectivity index (χ2v) is 4.56. The summed E-state index contributed by atoms with van der Waals surface area (Å²) in [5.41, 5.74) is 0.251. The molecule has 1 aromatic rings. The van der Waals surface area contributed by atoms with Crippen LogP contribution in [-0.4, -0.2) is 22.6 Å². The van der Waals surface area contributed by atoms with Crippen LogP contribution in [0.5, 0.6) is 0 Å². The number of benzene rings is 1. The molecule has 0 saturated heterocycles. The average Bonchev–Trinajstić information content (AvgIpc) is 2.18. The van der Waals surface area contributed by atoms with Gasteiger partial charge in [0.1, 0.15) is 0 Å². The van der Waals surface area contributed by atoms with Gasteiger partial charge in [-0.1, -0.05) is 22.0 Å². The van der Waals surface area contributed by atoms with Gasteiger partial charge in [0, 0.05) is 16.6 Å². The molecule has 1 N–H and O–H groups in total. The monoisotopic (exact) mass is 291 g/mol. The highest BCUT2D eigenvalue weighted by Gasteiger charge is 2.41. The van der Waals surface area contributed by atoms with Crippen LogP contribution in [0.3, 0.4) is 0 Å². The summed E-state index contributed by atoms with van der Waals surface area (Å²) in [5.74, 6) is -3.13. The molecule has 0 fully saturated rings. The summed E-state index contributed by atoms with van der Waals surface area (Å²) in [6.45, 7) is -0.778. The summed E-state index contributed by atoms with van der Waals surface area (Å²) in [6, 6.07) is 4.48.